The first kappa shape index (κ1) is 10.3. The van der Waals surface area contributed by atoms with Gasteiger partial charge in [-0.1, -0.05) is 24.4 Å². The fourth-order valence-corrected chi connectivity index (χ4v) is 2.23. The number of halogens is 1. The van der Waals surface area contributed by atoms with Crippen LogP contribution in [-0.4, -0.2) is 6.04 Å². The fraction of sp³-hybridized carbons (Fsp3) is 0.417. The Kier molecular flexibility index (Phi) is 3.13. The largest absolute Gasteiger partial charge is 0.381 e. The van der Waals surface area contributed by atoms with Crippen LogP contribution in [0.1, 0.15) is 31.2 Å². The molecule has 0 amide bonds. The Morgan fingerprint density at radius 3 is 2.67 bits per heavy atom. The Labute approximate surface area is 94.9 Å². The zero-order valence-corrected chi connectivity index (χ0v) is 9.22. The van der Waals surface area contributed by atoms with Gasteiger partial charge in [0.15, 0.2) is 0 Å². The summed E-state index contributed by atoms with van der Waals surface area (Å²) in [5, 5.41) is 12.8. The number of nitriles is 1. The predicted octanol–water partition coefficient (Wildman–Crippen LogP) is 3.57. The van der Waals surface area contributed by atoms with E-state index in [1.54, 1.807) is 12.1 Å². The summed E-state index contributed by atoms with van der Waals surface area (Å²) in [6, 6.07) is 8.02. The van der Waals surface area contributed by atoms with Crippen molar-refractivity contribution in [3.63, 3.8) is 0 Å². The Balaban J connectivity index is 2.11. The lowest BCUT2D eigenvalue weighted by Gasteiger charge is -2.14. The summed E-state index contributed by atoms with van der Waals surface area (Å²) in [5.41, 5.74) is 1.56. The van der Waals surface area contributed by atoms with E-state index < -0.39 is 0 Å². The highest BCUT2D eigenvalue weighted by molar-refractivity contribution is 6.33. The molecule has 1 aliphatic carbocycles. The second kappa shape index (κ2) is 4.55. The molecule has 0 aromatic heterocycles. The first-order chi connectivity index (χ1) is 7.29. The van der Waals surface area contributed by atoms with Gasteiger partial charge < -0.3 is 5.32 Å². The van der Waals surface area contributed by atoms with Crippen LogP contribution < -0.4 is 5.32 Å². The van der Waals surface area contributed by atoms with Gasteiger partial charge in [-0.2, -0.15) is 5.26 Å². The SMILES string of the molecule is N#Cc1ccc(NC2CCCC2)c(Cl)c1. The van der Waals surface area contributed by atoms with Crippen molar-refractivity contribution in [1.29, 1.82) is 5.26 Å². The summed E-state index contributed by atoms with van der Waals surface area (Å²) in [6.45, 7) is 0. The van der Waals surface area contributed by atoms with E-state index in [0.717, 1.165) is 5.69 Å². The van der Waals surface area contributed by atoms with Gasteiger partial charge in [-0.15, -0.1) is 0 Å². The van der Waals surface area contributed by atoms with E-state index >= 15 is 0 Å². The Hall–Kier alpha value is -1.20. The summed E-state index contributed by atoms with van der Waals surface area (Å²) >= 11 is 6.07. The minimum absolute atomic E-state index is 0.551. The maximum atomic E-state index is 8.71. The van der Waals surface area contributed by atoms with Crippen molar-refractivity contribution in [3.05, 3.63) is 28.8 Å². The van der Waals surface area contributed by atoms with Gasteiger partial charge >= 0.3 is 0 Å². The summed E-state index contributed by atoms with van der Waals surface area (Å²) in [7, 11) is 0. The van der Waals surface area contributed by atoms with Crippen molar-refractivity contribution in [3.8, 4) is 6.07 Å². The van der Waals surface area contributed by atoms with Crippen LogP contribution in [0.5, 0.6) is 0 Å². The molecule has 0 radical (unpaired) electrons. The fourth-order valence-electron chi connectivity index (χ4n) is 1.99. The molecular weight excluding hydrogens is 208 g/mol. The van der Waals surface area contributed by atoms with Gasteiger partial charge in [0.25, 0.3) is 0 Å². The molecule has 0 atom stereocenters. The van der Waals surface area contributed by atoms with Crippen molar-refractivity contribution in [2.75, 3.05) is 5.32 Å². The van der Waals surface area contributed by atoms with E-state index in [0.29, 0.717) is 16.6 Å². The van der Waals surface area contributed by atoms with Crippen molar-refractivity contribution in [2.24, 2.45) is 0 Å². The van der Waals surface area contributed by atoms with E-state index in [9.17, 15) is 0 Å². The first-order valence-corrected chi connectivity index (χ1v) is 5.63. The molecule has 0 aliphatic heterocycles. The van der Waals surface area contributed by atoms with Crippen molar-refractivity contribution in [1.82, 2.24) is 0 Å². The molecule has 0 unspecified atom stereocenters. The highest BCUT2D eigenvalue weighted by Crippen LogP contribution is 2.27. The summed E-state index contributed by atoms with van der Waals surface area (Å²) in [6.07, 6.45) is 5.03. The molecule has 1 aromatic rings. The molecule has 2 nitrogen and oxygen atoms in total. The summed E-state index contributed by atoms with van der Waals surface area (Å²) in [5.74, 6) is 0. The molecule has 2 rings (SSSR count). The van der Waals surface area contributed by atoms with Crippen LogP contribution in [-0.2, 0) is 0 Å². The van der Waals surface area contributed by atoms with Gasteiger partial charge in [0.05, 0.1) is 22.3 Å². The van der Waals surface area contributed by atoms with E-state index in [2.05, 4.69) is 11.4 Å². The average Bonchev–Trinajstić information content (AvgIpc) is 2.74. The van der Waals surface area contributed by atoms with Crippen molar-refractivity contribution >= 4 is 17.3 Å². The van der Waals surface area contributed by atoms with Crippen LogP contribution in [0.3, 0.4) is 0 Å². The minimum atomic E-state index is 0.551. The molecule has 1 N–H and O–H groups in total. The Morgan fingerprint density at radius 1 is 1.33 bits per heavy atom. The van der Waals surface area contributed by atoms with Gasteiger partial charge in [0.2, 0.25) is 0 Å². The molecule has 78 valence electrons. The first-order valence-electron chi connectivity index (χ1n) is 5.26. The van der Waals surface area contributed by atoms with Crippen molar-refractivity contribution in [2.45, 2.75) is 31.7 Å². The maximum absolute atomic E-state index is 8.71. The summed E-state index contributed by atoms with van der Waals surface area (Å²) < 4.78 is 0. The third-order valence-corrected chi connectivity index (χ3v) is 3.13. The maximum Gasteiger partial charge on any atom is 0.0992 e. The molecule has 1 saturated carbocycles. The molecule has 15 heavy (non-hydrogen) atoms. The van der Waals surface area contributed by atoms with Gasteiger partial charge in [-0.3, -0.25) is 0 Å². The quantitative estimate of drug-likeness (QED) is 0.827. The molecule has 0 saturated heterocycles. The molecule has 1 fully saturated rings. The molecule has 3 heteroatoms. The van der Waals surface area contributed by atoms with Crippen LogP contribution >= 0.6 is 11.6 Å². The Bertz CT molecular complexity index is 389. The predicted molar refractivity (Wildman–Crippen MR) is 62.0 cm³/mol. The minimum Gasteiger partial charge on any atom is -0.381 e. The van der Waals surface area contributed by atoms with E-state index in [1.807, 2.05) is 6.07 Å². The Morgan fingerprint density at radius 2 is 2.07 bits per heavy atom. The molecule has 0 spiro atoms. The van der Waals surface area contributed by atoms with Crippen molar-refractivity contribution < 1.29 is 0 Å². The summed E-state index contributed by atoms with van der Waals surface area (Å²) in [4.78, 5) is 0. The number of rotatable bonds is 2. The number of hydrogen-bond donors (Lipinski definition) is 1. The van der Waals surface area contributed by atoms with Crippen LogP contribution in [0.15, 0.2) is 18.2 Å². The second-order valence-electron chi connectivity index (χ2n) is 3.93. The lowest BCUT2D eigenvalue weighted by Crippen LogP contribution is -2.14. The lowest BCUT2D eigenvalue weighted by atomic mass is 10.2. The number of anilines is 1. The average molecular weight is 221 g/mol. The van der Waals surface area contributed by atoms with Gasteiger partial charge in [0.1, 0.15) is 0 Å². The van der Waals surface area contributed by atoms with E-state index in [1.165, 1.54) is 25.7 Å². The topological polar surface area (TPSA) is 35.8 Å². The highest BCUT2D eigenvalue weighted by Gasteiger charge is 2.15. The second-order valence-corrected chi connectivity index (χ2v) is 4.34. The molecule has 1 aromatic carbocycles. The molecule has 0 heterocycles. The lowest BCUT2D eigenvalue weighted by molar-refractivity contribution is 0.755. The number of nitrogens with one attached hydrogen (secondary N) is 1. The number of benzene rings is 1. The smallest absolute Gasteiger partial charge is 0.0992 e. The van der Waals surface area contributed by atoms with Crippen LogP contribution in [0.25, 0.3) is 0 Å². The standard InChI is InChI=1S/C12H13ClN2/c13-11-7-9(8-14)5-6-12(11)15-10-3-1-2-4-10/h5-7,10,15H,1-4H2. The van der Waals surface area contributed by atoms with Gasteiger partial charge in [-0.05, 0) is 31.0 Å². The molecular formula is C12H13ClN2. The normalized spacial score (nSPS) is 16.3. The third kappa shape index (κ3) is 2.43. The van der Waals surface area contributed by atoms with Gasteiger partial charge in [-0.25, -0.2) is 0 Å². The third-order valence-electron chi connectivity index (χ3n) is 2.81. The molecule has 0 bridgehead atoms. The van der Waals surface area contributed by atoms with E-state index in [4.69, 9.17) is 16.9 Å². The van der Waals surface area contributed by atoms with Crippen LogP contribution in [0.4, 0.5) is 5.69 Å². The zero-order chi connectivity index (χ0) is 10.7. The monoisotopic (exact) mass is 220 g/mol. The molecule has 1 aliphatic rings. The zero-order valence-electron chi connectivity index (χ0n) is 8.46. The number of hydrogen-bond acceptors (Lipinski definition) is 2. The van der Waals surface area contributed by atoms with E-state index in [-0.39, 0.29) is 0 Å². The van der Waals surface area contributed by atoms with Crippen LogP contribution in [0.2, 0.25) is 5.02 Å². The van der Waals surface area contributed by atoms with Gasteiger partial charge in [0, 0.05) is 6.04 Å². The van der Waals surface area contributed by atoms with Crippen LogP contribution in [0, 0.1) is 11.3 Å². The number of nitrogens with zero attached hydrogens (tertiary/aromatic N) is 1. The highest BCUT2D eigenvalue weighted by atomic mass is 35.5.